The van der Waals surface area contributed by atoms with E-state index in [4.69, 9.17) is 0 Å². The maximum atomic E-state index is 13.5. The molecule has 1 aromatic heterocycles. The van der Waals surface area contributed by atoms with E-state index in [-0.39, 0.29) is 11.9 Å². The predicted molar refractivity (Wildman–Crippen MR) is 60.0 cm³/mol. The highest BCUT2D eigenvalue weighted by Crippen LogP contribution is 2.28. The molecule has 2 unspecified atom stereocenters. The normalized spacial score (nSPS) is 15.3. The molecule has 2 nitrogen and oxygen atoms in total. The minimum Gasteiger partial charge on any atom is -0.313 e. The van der Waals surface area contributed by atoms with Crippen LogP contribution in [0.5, 0.6) is 0 Å². The molecule has 2 atom stereocenters. The third kappa shape index (κ3) is 2.75. The molecule has 3 heteroatoms. The van der Waals surface area contributed by atoms with Crippen LogP contribution in [-0.2, 0) is 0 Å². The summed E-state index contributed by atoms with van der Waals surface area (Å²) in [6, 6.07) is 1.79. The molecule has 1 heterocycles. The van der Waals surface area contributed by atoms with Crippen LogP contribution < -0.4 is 5.32 Å². The highest BCUT2D eigenvalue weighted by Gasteiger charge is 2.22. The van der Waals surface area contributed by atoms with Crippen molar-refractivity contribution in [2.75, 3.05) is 7.05 Å². The van der Waals surface area contributed by atoms with Gasteiger partial charge in [0.05, 0.1) is 6.20 Å². The van der Waals surface area contributed by atoms with Gasteiger partial charge in [-0.2, -0.15) is 0 Å². The standard InChI is InChI=1S/C12H19FN2/c1-8(2)9(3)12(14-4)10-5-6-15-7-11(10)13/h5-9,12,14H,1-4H3. The van der Waals surface area contributed by atoms with Crippen LogP contribution in [0, 0.1) is 17.7 Å². The van der Waals surface area contributed by atoms with E-state index in [2.05, 4.69) is 31.1 Å². The average Bonchev–Trinajstić information content (AvgIpc) is 2.21. The lowest BCUT2D eigenvalue weighted by Gasteiger charge is -2.27. The first-order chi connectivity index (χ1) is 7.07. The molecule has 0 aliphatic heterocycles. The summed E-state index contributed by atoms with van der Waals surface area (Å²) < 4.78 is 13.5. The van der Waals surface area contributed by atoms with Crippen molar-refractivity contribution < 1.29 is 4.39 Å². The summed E-state index contributed by atoms with van der Waals surface area (Å²) in [7, 11) is 1.86. The van der Waals surface area contributed by atoms with Crippen LogP contribution in [0.4, 0.5) is 4.39 Å². The van der Waals surface area contributed by atoms with Crippen LogP contribution in [0.15, 0.2) is 18.5 Å². The van der Waals surface area contributed by atoms with E-state index in [9.17, 15) is 4.39 Å². The molecule has 0 fully saturated rings. The number of nitrogens with zero attached hydrogens (tertiary/aromatic N) is 1. The van der Waals surface area contributed by atoms with Gasteiger partial charge in [-0.15, -0.1) is 0 Å². The van der Waals surface area contributed by atoms with Gasteiger partial charge in [0.2, 0.25) is 0 Å². The number of nitrogens with one attached hydrogen (secondary N) is 1. The summed E-state index contributed by atoms with van der Waals surface area (Å²) in [5.74, 6) is 0.659. The van der Waals surface area contributed by atoms with Crippen molar-refractivity contribution >= 4 is 0 Å². The number of hydrogen-bond acceptors (Lipinski definition) is 2. The van der Waals surface area contributed by atoms with Crippen molar-refractivity contribution in [2.45, 2.75) is 26.8 Å². The summed E-state index contributed by atoms with van der Waals surface area (Å²) in [5, 5.41) is 3.17. The maximum Gasteiger partial charge on any atom is 0.146 e. The molecule has 0 aliphatic carbocycles. The van der Waals surface area contributed by atoms with E-state index in [1.807, 2.05) is 7.05 Å². The van der Waals surface area contributed by atoms with Crippen molar-refractivity contribution in [3.05, 3.63) is 29.8 Å². The fourth-order valence-electron chi connectivity index (χ4n) is 1.72. The Kier molecular flexibility index (Phi) is 4.21. The van der Waals surface area contributed by atoms with Gasteiger partial charge in [-0.1, -0.05) is 20.8 Å². The Hall–Kier alpha value is -0.960. The Labute approximate surface area is 90.9 Å². The molecule has 0 spiro atoms. The fraction of sp³-hybridized carbons (Fsp3) is 0.583. The highest BCUT2D eigenvalue weighted by molar-refractivity contribution is 5.18. The van der Waals surface area contributed by atoms with Gasteiger partial charge in [-0.3, -0.25) is 4.98 Å². The van der Waals surface area contributed by atoms with E-state index in [0.717, 1.165) is 0 Å². The Balaban J connectivity index is 2.97. The summed E-state index contributed by atoms with van der Waals surface area (Å²) >= 11 is 0. The zero-order chi connectivity index (χ0) is 11.4. The lowest BCUT2D eigenvalue weighted by Crippen LogP contribution is -2.27. The molecule has 0 radical (unpaired) electrons. The minimum absolute atomic E-state index is 0.0491. The first-order valence-corrected chi connectivity index (χ1v) is 5.34. The molecule has 84 valence electrons. The average molecular weight is 210 g/mol. The van der Waals surface area contributed by atoms with Crippen LogP contribution in [-0.4, -0.2) is 12.0 Å². The van der Waals surface area contributed by atoms with Gasteiger partial charge in [0, 0.05) is 17.8 Å². The lowest BCUT2D eigenvalue weighted by atomic mass is 9.86. The quantitative estimate of drug-likeness (QED) is 0.826. The molecule has 1 rings (SSSR count). The molecular weight excluding hydrogens is 191 g/mol. The van der Waals surface area contributed by atoms with E-state index in [1.165, 1.54) is 6.20 Å². The molecule has 0 saturated heterocycles. The largest absolute Gasteiger partial charge is 0.313 e. The summed E-state index contributed by atoms with van der Waals surface area (Å²) in [5.41, 5.74) is 0.703. The van der Waals surface area contributed by atoms with Crippen LogP contribution in [0.2, 0.25) is 0 Å². The number of rotatable bonds is 4. The second-order valence-electron chi connectivity index (χ2n) is 4.27. The molecule has 0 aromatic carbocycles. The number of halogens is 1. The van der Waals surface area contributed by atoms with Gasteiger partial charge < -0.3 is 5.32 Å². The first kappa shape index (κ1) is 12.1. The zero-order valence-electron chi connectivity index (χ0n) is 9.79. The minimum atomic E-state index is -0.232. The highest BCUT2D eigenvalue weighted by atomic mass is 19.1. The molecule has 0 amide bonds. The Morgan fingerprint density at radius 1 is 1.33 bits per heavy atom. The van der Waals surface area contributed by atoms with Gasteiger partial charge in [0.25, 0.3) is 0 Å². The second kappa shape index (κ2) is 5.21. The van der Waals surface area contributed by atoms with Crippen LogP contribution in [0.25, 0.3) is 0 Å². The van der Waals surface area contributed by atoms with E-state index < -0.39 is 0 Å². The van der Waals surface area contributed by atoms with Crippen molar-refractivity contribution in [1.82, 2.24) is 10.3 Å². The van der Waals surface area contributed by atoms with Gasteiger partial charge >= 0.3 is 0 Å². The fourth-order valence-corrected chi connectivity index (χ4v) is 1.72. The molecule has 0 aliphatic rings. The third-order valence-corrected chi connectivity index (χ3v) is 3.03. The second-order valence-corrected chi connectivity index (χ2v) is 4.27. The van der Waals surface area contributed by atoms with Gasteiger partial charge in [-0.25, -0.2) is 4.39 Å². The van der Waals surface area contributed by atoms with E-state index in [0.29, 0.717) is 17.4 Å². The maximum absolute atomic E-state index is 13.5. The van der Waals surface area contributed by atoms with Gasteiger partial charge in [0.1, 0.15) is 5.82 Å². The Morgan fingerprint density at radius 3 is 2.47 bits per heavy atom. The SMILES string of the molecule is CNC(c1ccncc1F)C(C)C(C)C. The van der Waals surface area contributed by atoms with Crippen LogP contribution >= 0.6 is 0 Å². The monoisotopic (exact) mass is 210 g/mol. The number of hydrogen-bond donors (Lipinski definition) is 1. The Bertz CT molecular complexity index is 312. The van der Waals surface area contributed by atoms with E-state index >= 15 is 0 Å². The molecule has 0 bridgehead atoms. The van der Waals surface area contributed by atoms with Crippen LogP contribution in [0.3, 0.4) is 0 Å². The zero-order valence-corrected chi connectivity index (χ0v) is 9.79. The van der Waals surface area contributed by atoms with Gasteiger partial charge in [-0.05, 0) is 24.9 Å². The number of aromatic nitrogens is 1. The molecular formula is C12H19FN2. The third-order valence-electron chi connectivity index (χ3n) is 3.03. The summed E-state index contributed by atoms with van der Waals surface area (Å²) in [6.07, 6.45) is 2.91. The van der Waals surface area contributed by atoms with Crippen molar-refractivity contribution in [2.24, 2.45) is 11.8 Å². The van der Waals surface area contributed by atoms with Gasteiger partial charge in [0.15, 0.2) is 0 Å². The number of pyridine rings is 1. The van der Waals surface area contributed by atoms with Crippen LogP contribution in [0.1, 0.15) is 32.4 Å². The molecule has 15 heavy (non-hydrogen) atoms. The molecule has 1 aromatic rings. The lowest BCUT2D eigenvalue weighted by molar-refractivity contribution is 0.310. The topological polar surface area (TPSA) is 24.9 Å². The molecule has 1 N–H and O–H groups in total. The smallest absolute Gasteiger partial charge is 0.146 e. The molecule has 0 saturated carbocycles. The first-order valence-electron chi connectivity index (χ1n) is 5.34. The van der Waals surface area contributed by atoms with Crippen molar-refractivity contribution in [3.63, 3.8) is 0 Å². The Morgan fingerprint density at radius 2 is 2.00 bits per heavy atom. The predicted octanol–water partition coefficient (Wildman–Crippen LogP) is 2.77. The van der Waals surface area contributed by atoms with Crippen molar-refractivity contribution in [3.8, 4) is 0 Å². The van der Waals surface area contributed by atoms with E-state index in [1.54, 1.807) is 12.3 Å². The summed E-state index contributed by atoms with van der Waals surface area (Å²) in [4.78, 5) is 3.76. The summed E-state index contributed by atoms with van der Waals surface area (Å²) in [6.45, 7) is 6.42. The van der Waals surface area contributed by atoms with Crippen molar-refractivity contribution in [1.29, 1.82) is 0 Å².